The molecule has 0 aliphatic carbocycles. The van der Waals surface area contributed by atoms with Crippen LogP contribution < -0.4 is 0 Å². The van der Waals surface area contributed by atoms with E-state index in [4.69, 9.17) is 24.9 Å². The van der Waals surface area contributed by atoms with Gasteiger partial charge in [0.2, 0.25) is 0 Å². The zero-order chi connectivity index (χ0) is 31.2. The van der Waals surface area contributed by atoms with Crippen molar-refractivity contribution >= 4 is 42.4 Å². The van der Waals surface area contributed by atoms with Crippen LogP contribution in [0.25, 0.3) is 87.8 Å². The summed E-state index contributed by atoms with van der Waals surface area (Å²) in [4.78, 5) is 25.5. The number of pyridine rings is 2. The molecular formula is C41H25N5S. The summed E-state index contributed by atoms with van der Waals surface area (Å²) in [6.45, 7) is 0. The lowest BCUT2D eigenvalue weighted by molar-refractivity contribution is 1.07. The van der Waals surface area contributed by atoms with Gasteiger partial charge in [0.15, 0.2) is 17.5 Å². The van der Waals surface area contributed by atoms with Crippen LogP contribution in [-0.2, 0) is 0 Å². The summed E-state index contributed by atoms with van der Waals surface area (Å²) in [7, 11) is 0. The second-order valence-electron chi connectivity index (χ2n) is 11.4. The van der Waals surface area contributed by atoms with Crippen molar-refractivity contribution in [3.63, 3.8) is 0 Å². The predicted molar refractivity (Wildman–Crippen MR) is 193 cm³/mol. The van der Waals surface area contributed by atoms with Crippen LogP contribution in [0.1, 0.15) is 0 Å². The van der Waals surface area contributed by atoms with Crippen LogP contribution in [0.5, 0.6) is 0 Å². The second-order valence-corrected chi connectivity index (χ2v) is 12.4. The number of thiophene rings is 1. The topological polar surface area (TPSA) is 64.5 Å². The Morgan fingerprint density at radius 2 is 1.02 bits per heavy atom. The first-order valence-corrected chi connectivity index (χ1v) is 16.2. The minimum Gasteiger partial charge on any atom is -0.254 e. The first-order valence-electron chi connectivity index (χ1n) is 15.4. The van der Waals surface area contributed by atoms with Crippen LogP contribution in [0.3, 0.4) is 0 Å². The maximum Gasteiger partial charge on any atom is 0.164 e. The van der Waals surface area contributed by atoms with Gasteiger partial charge < -0.3 is 0 Å². The minimum absolute atomic E-state index is 0.640. The molecule has 9 rings (SSSR count). The third-order valence-electron chi connectivity index (χ3n) is 8.41. The van der Waals surface area contributed by atoms with Gasteiger partial charge in [-0.05, 0) is 46.8 Å². The van der Waals surface area contributed by atoms with E-state index < -0.39 is 0 Å². The van der Waals surface area contributed by atoms with E-state index in [1.165, 1.54) is 10.1 Å². The zero-order valence-electron chi connectivity index (χ0n) is 25.1. The fourth-order valence-corrected chi connectivity index (χ4v) is 7.18. The van der Waals surface area contributed by atoms with Crippen molar-refractivity contribution in [2.75, 3.05) is 0 Å². The molecule has 47 heavy (non-hydrogen) atoms. The number of benzene rings is 5. The molecule has 0 atom stereocenters. The van der Waals surface area contributed by atoms with Crippen LogP contribution in [0.15, 0.2) is 152 Å². The van der Waals surface area contributed by atoms with Crippen LogP contribution in [0.4, 0.5) is 0 Å². The average molecular weight is 620 g/mol. The zero-order valence-corrected chi connectivity index (χ0v) is 25.9. The van der Waals surface area contributed by atoms with Crippen molar-refractivity contribution in [3.8, 4) is 56.7 Å². The van der Waals surface area contributed by atoms with Crippen LogP contribution in [0.2, 0.25) is 0 Å². The molecule has 9 aromatic rings. The predicted octanol–water partition coefficient (Wildman–Crippen LogP) is 10.5. The Balaban J connectivity index is 1.11. The molecule has 4 aromatic heterocycles. The maximum atomic E-state index is 5.09. The molecule has 0 saturated carbocycles. The van der Waals surface area contributed by atoms with Crippen molar-refractivity contribution in [1.29, 1.82) is 0 Å². The molecular weight excluding hydrogens is 595 g/mol. The highest BCUT2D eigenvalue weighted by molar-refractivity contribution is 7.25. The summed E-state index contributed by atoms with van der Waals surface area (Å²) in [5.41, 5.74) is 6.85. The molecule has 0 unspecified atom stereocenters. The number of nitrogens with zero attached hydrogens (tertiary/aromatic N) is 5. The van der Waals surface area contributed by atoms with Gasteiger partial charge in [0, 0.05) is 43.7 Å². The molecule has 6 heteroatoms. The van der Waals surface area contributed by atoms with Crippen LogP contribution in [0, 0.1) is 0 Å². The molecule has 0 bridgehead atoms. The van der Waals surface area contributed by atoms with E-state index >= 15 is 0 Å². The van der Waals surface area contributed by atoms with Gasteiger partial charge in [0.25, 0.3) is 0 Å². The first-order chi connectivity index (χ1) is 23.3. The molecule has 0 radical (unpaired) electrons. The Labute approximate surface area is 275 Å². The van der Waals surface area contributed by atoms with E-state index in [1.807, 2.05) is 79.0 Å². The van der Waals surface area contributed by atoms with E-state index in [-0.39, 0.29) is 0 Å². The van der Waals surface area contributed by atoms with Crippen LogP contribution >= 0.6 is 11.3 Å². The molecule has 0 saturated heterocycles. The monoisotopic (exact) mass is 619 g/mol. The highest BCUT2D eigenvalue weighted by atomic mass is 32.1. The highest BCUT2D eigenvalue weighted by Crippen LogP contribution is 2.38. The normalized spacial score (nSPS) is 11.4. The lowest BCUT2D eigenvalue weighted by atomic mass is 10.0. The third-order valence-corrected chi connectivity index (χ3v) is 9.47. The Morgan fingerprint density at radius 1 is 0.404 bits per heavy atom. The summed E-state index contributed by atoms with van der Waals surface area (Å²) < 4.78 is 1.19. The molecule has 220 valence electrons. The molecule has 0 N–H and O–H groups in total. The van der Waals surface area contributed by atoms with Gasteiger partial charge in [-0.1, -0.05) is 115 Å². The van der Waals surface area contributed by atoms with Gasteiger partial charge in [0.05, 0.1) is 11.4 Å². The summed E-state index contributed by atoms with van der Waals surface area (Å²) in [5.74, 6) is 1.94. The standard InChI is InChI=1S/C41H25N5S/c1-3-11-27(12-4-1)38-44-39(28-13-5-2-6-14-28)46-40(45-38)31-16-9-15-29(24-31)30-18-19-33-34-20-21-35(43-41(34)47-36(33)25-30)37-32-17-8-7-10-26(32)22-23-42-37/h1-25H. The van der Waals surface area contributed by atoms with E-state index in [1.54, 1.807) is 11.3 Å². The smallest absolute Gasteiger partial charge is 0.164 e. The van der Waals surface area contributed by atoms with Crippen molar-refractivity contribution in [3.05, 3.63) is 152 Å². The van der Waals surface area contributed by atoms with Crippen molar-refractivity contribution in [1.82, 2.24) is 24.9 Å². The van der Waals surface area contributed by atoms with Crippen molar-refractivity contribution in [2.24, 2.45) is 0 Å². The fourth-order valence-electron chi connectivity index (χ4n) is 6.07. The quantitative estimate of drug-likeness (QED) is 0.192. The second kappa shape index (κ2) is 11.4. The number of aromatic nitrogens is 5. The summed E-state index contributed by atoms with van der Waals surface area (Å²) in [6.07, 6.45) is 1.86. The Morgan fingerprint density at radius 3 is 1.79 bits per heavy atom. The van der Waals surface area contributed by atoms with E-state index in [9.17, 15) is 0 Å². The summed E-state index contributed by atoms with van der Waals surface area (Å²) in [5, 5.41) is 4.62. The summed E-state index contributed by atoms with van der Waals surface area (Å²) >= 11 is 1.71. The fraction of sp³-hybridized carbons (Fsp3) is 0. The Bertz CT molecular complexity index is 2520. The number of hydrogen-bond acceptors (Lipinski definition) is 6. The lowest BCUT2D eigenvalue weighted by Crippen LogP contribution is -2.00. The molecule has 4 heterocycles. The number of fused-ring (bicyclic) bond motifs is 4. The SMILES string of the molecule is c1ccc(-c2nc(-c3ccccc3)nc(-c3cccc(-c4ccc5c(c4)sc4nc(-c6nccc7ccccc67)ccc45)c3)n2)cc1. The minimum atomic E-state index is 0.640. The third kappa shape index (κ3) is 5.01. The average Bonchev–Trinajstić information content (AvgIpc) is 3.52. The van der Waals surface area contributed by atoms with Crippen molar-refractivity contribution < 1.29 is 0 Å². The van der Waals surface area contributed by atoms with Gasteiger partial charge in [-0.15, -0.1) is 11.3 Å². The van der Waals surface area contributed by atoms with E-state index in [0.717, 1.165) is 60.2 Å². The van der Waals surface area contributed by atoms with Gasteiger partial charge in [-0.2, -0.15) is 0 Å². The van der Waals surface area contributed by atoms with Gasteiger partial charge >= 0.3 is 0 Å². The molecule has 0 aliphatic rings. The molecule has 0 amide bonds. The van der Waals surface area contributed by atoms with Gasteiger partial charge in [0.1, 0.15) is 4.83 Å². The molecule has 0 aliphatic heterocycles. The molecule has 0 spiro atoms. The van der Waals surface area contributed by atoms with Gasteiger partial charge in [-0.25, -0.2) is 19.9 Å². The lowest BCUT2D eigenvalue weighted by Gasteiger charge is -2.09. The van der Waals surface area contributed by atoms with Crippen molar-refractivity contribution in [2.45, 2.75) is 0 Å². The van der Waals surface area contributed by atoms with E-state index in [0.29, 0.717) is 17.5 Å². The van der Waals surface area contributed by atoms with Gasteiger partial charge in [-0.3, -0.25) is 4.98 Å². The maximum absolute atomic E-state index is 5.09. The molecule has 0 fully saturated rings. The molecule has 5 nitrogen and oxygen atoms in total. The van der Waals surface area contributed by atoms with E-state index in [2.05, 4.69) is 72.8 Å². The highest BCUT2D eigenvalue weighted by Gasteiger charge is 2.15. The van der Waals surface area contributed by atoms with Crippen LogP contribution in [-0.4, -0.2) is 24.9 Å². The Hall–Kier alpha value is -6.11. The number of rotatable bonds is 5. The largest absolute Gasteiger partial charge is 0.254 e. The first kappa shape index (κ1) is 27.2. The summed E-state index contributed by atoms with van der Waals surface area (Å²) in [6, 6.07) is 49.8. The Kier molecular flexibility index (Phi) is 6.58. The molecule has 5 aromatic carbocycles. The number of hydrogen-bond donors (Lipinski definition) is 0.